The number of benzene rings is 2. The van der Waals surface area contributed by atoms with Crippen LogP contribution < -0.4 is 16.6 Å². The largest absolute Gasteiger partial charge is 0.506 e. The van der Waals surface area contributed by atoms with Gasteiger partial charge in [0.15, 0.2) is 0 Å². The maximum absolute atomic E-state index is 13.3. The Morgan fingerprint density at radius 2 is 1.84 bits per heavy atom. The van der Waals surface area contributed by atoms with Crippen LogP contribution in [0.25, 0.3) is 15.9 Å². The van der Waals surface area contributed by atoms with Gasteiger partial charge in [0.05, 0.1) is 16.8 Å². The summed E-state index contributed by atoms with van der Waals surface area (Å²) in [7, 11) is 0. The second kappa shape index (κ2) is 8.22. The number of phenols is 1. The average Bonchev–Trinajstić information content (AvgIpc) is 3.10. The van der Waals surface area contributed by atoms with Crippen molar-refractivity contribution >= 4 is 56.3 Å². The highest BCUT2D eigenvalue weighted by molar-refractivity contribution is 7.18. The second-order valence-corrected chi connectivity index (χ2v) is 8.88. The van der Waals surface area contributed by atoms with Crippen LogP contribution in [0.4, 0.5) is 5.69 Å². The molecule has 0 bridgehead atoms. The molecule has 0 saturated heterocycles. The maximum atomic E-state index is 13.3. The zero-order valence-corrected chi connectivity index (χ0v) is 18.4. The standard InChI is InChI=1S/C21H15Cl2N3O4S/c1-11-7-15-19(29)26(14-4-2-3-12(22)8-14)21(30)25(20(15)31-11)10-18(28)24-16-9-13(23)5-6-17(16)27/h2-9,27H,10H2,1H3,(H,24,28). The van der Waals surface area contributed by atoms with Crippen LogP contribution in [0.15, 0.2) is 58.1 Å². The van der Waals surface area contributed by atoms with Crippen LogP contribution in [-0.4, -0.2) is 20.1 Å². The molecule has 4 rings (SSSR count). The number of phenolic OH excluding ortho intramolecular Hbond substituents is 1. The summed E-state index contributed by atoms with van der Waals surface area (Å²) in [6.45, 7) is 1.44. The van der Waals surface area contributed by atoms with Gasteiger partial charge in [0.2, 0.25) is 5.91 Å². The van der Waals surface area contributed by atoms with Crippen LogP contribution >= 0.6 is 34.5 Å². The van der Waals surface area contributed by atoms with Gasteiger partial charge in [-0.15, -0.1) is 11.3 Å². The summed E-state index contributed by atoms with van der Waals surface area (Å²) in [4.78, 5) is 40.2. The molecule has 0 radical (unpaired) electrons. The molecular formula is C21H15Cl2N3O4S. The van der Waals surface area contributed by atoms with E-state index in [9.17, 15) is 19.5 Å². The van der Waals surface area contributed by atoms with Crippen LogP contribution in [0.5, 0.6) is 5.75 Å². The number of aryl methyl sites for hydroxylation is 1. The molecule has 0 fully saturated rings. The van der Waals surface area contributed by atoms with Crippen molar-refractivity contribution in [3.8, 4) is 11.4 Å². The summed E-state index contributed by atoms with van der Waals surface area (Å²) in [6, 6.07) is 12.3. The van der Waals surface area contributed by atoms with E-state index >= 15 is 0 Å². The van der Waals surface area contributed by atoms with E-state index in [0.29, 0.717) is 25.9 Å². The molecule has 0 saturated carbocycles. The Hall–Kier alpha value is -3.07. The number of anilines is 1. The predicted octanol–water partition coefficient (Wildman–Crippen LogP) is 4.17. The van der Waals surface area contributed by atoms with Gasteiger partial charge in [0, 0.05) is 14.9 Å². The highest BCUT2D eigenvalue weighted by atomic mass is 35.5. The van der Waals surface area contributed by atoms with E-state index in [2.05, 4.69) is 5.32 Å². The molecule has 1 amide bonds. The van der Waals surface area contributed by atoms with Crippen LogP contribution in [0.1, 0.15) is 4.88 Å². The van der Waals surface area contributed by atoms with Crippen molar-refractivity contribution in [3.63, 3.8) is 0 Å². The summed E-state index contributed by atoms with van der Waals surface area (Å²) in [5.74, 6) is -0.727. The van der Waals surface area contributed by atoms with E-state index in [0.717, 1.165) is 9.44 Å². The van der Waals surface area contributed by atoms with Crippen LogP contribution in [0.2, 0.25) is 10.0 Å². The fourth-order valence-electron chi connectivity index (χ4n) is 3.19. The van der Waals surface area contributed by atoms with Gasteiger partial charge in [-0.3, -0.25) is 14.2 Å². The molecule has 2 heterocycles. The lowest BCUT2D eigenvalue weighted by Gasteiger charge is -2.13. The number of fused-ring (bicyclic) bond motifs is 1. The molecule has 0 aliphatic heterocycles. The SMILES string of the molecule is Cc1cc2c(=O)n(-c3cccc(Cl)c3)c(=O)n(CC(=O)Nc3cc(Cl)ccc3O)c2s1. The highest BCUT2D eigenvalue weighted by Gasteiger charge is 2.19. The number of nitrogens with one attached hydrogen (secondary N) is 1. The molecule has 7 nitrogen and oxygen atoms in total. The van der Waals surface area contributed by atoms with Crippen molar-refractivity contribution in [3.05, 3.63) is 84.3 Å². The molecule has 0 unspecified atom stereocenters. The van der Waals surface area contributed by atoms with Gasteiger partial charge in [-0.25, -0.2) is 9.36 Å². The Balaban J connectivity index is 1.84. The molecule has 10 heteroatoms. The Labute approximate surface area is 189 Å². The van der Waals surface area contributed by atoms with E-state index in [1.807, 2.05) is 6.92 Å². The van der Waals surface area contributed by atoms with E-state index in [1.165, 1.54) is 40.2 Å². The Kier molecular flexibility index (Phi) is 5.62. The maximum Gasteiger partial charge on any atom is 0.337 e. The number of amides is 1. The number of aromatic nitrogens is 2. The van der Waals surface area contributed by atoms with Gasteiger partial charge in [0.25, 0.3) is 5.56 Å². The van der Waals surface area contributed by atoms with E-state index < -0.39 is 17.2 Å². The summed E-state index contributed by atoms with van der Waals surface area (Å²) >= 11 is 13.2. The van der Waals surface area contributed by atoms with Crippen molar-refractivity contribution < 1.29 is 9.90 Å². The van der Waals surface area contributed by atoms with Crippen LogP contribution in [0.3, 0.4) is 0 Å². The lowest BCUT2D eigenvalue weighted by atomic mass is 10.3. The predicted molar refractivity (Wildman–Crippen MR) is 123 cm³/mol. The number of hydrogen-bond donors (Lipinski definition) is 2. The van der Waals surface area contributed by atoms with Crippen molar-refractivity contribution in [2.24, 2.45) is 0 Å². The fourth-order valence-corrected chi connectivity index (χ4v) is 4.54. The number of aromatic hydroxyl groups is 1. The van der Waals surface area contributed by atoms with Crippen molar-refractivity contribution in [2.45, 2.75) is 13.5 Å². The zero-order chi connectivity index (χ0) is 22.3. The first kappa shape index (κ1) is 21.2. The van der Waals surface area contributed by atoms with Gasteiger partial charge in [-0.05, 0) is 49.4 Å². The number of rotatable bonds is 4. The number of nitrogens with zero attached hydrogens (tertiary/aromatic N) is 2. The minimum Gasteiger partial charge on any atom is -0.506 e. The number of hydrogen-bond acceptors (Lipinski definition) is 5. The van der Waals surface area contributed by atoms with E-state index in [4.69, 9.17) is 23.2 Å². The second-order valence-electron chi connectivity index (χ2n) is 6.77. The number of thiophene rings is 1. The minimum absolute atomic E-state index is 0.118. The third-order valence-electron chi connectivity index (χ3n) is 4.54. The Morgan fingerprint density at radius 3 is 2.58 bits per heavy atom. The minimum atomic E-state index is -0.674. The summed E-state index contributed by atoms with van der Waals surface area (Å²) in [5, 5.41) is 13.5. The average molecular weight is 476 g/mol. The number of carbonyl (C=O) groups is 1. The Bertz CT molecular complexity index is 1460. The first-order valence-corrected chi connectivity index (χ1v) is 10.6. The quantitative estimate of drug-likeness (QED) is 0.433. The molecule has 31 heavy (non-hydrogen) atoms. The monoisotopic (exact) mass is 475 g/mol. The molecule has 4 aromatic rings. The molecule has 2 aromatic heterocycles. The molecule has 2 aromatic carbocycles. The summed E-state index contributed by atoms with van der Waals surface area (Å²) < 4.78 is 2.22. The summed E-state index contributed by atoms with van der Waals surface area (Å²) in [5.41, 5.74) is -0.745. The number of carbonyl (C=O) groups excluding carboxylic acids is 1. The molecule has 158 valence electrons. The van der Waals surface area contributed by atoms with Crippen LogP contribution in [-0.2, 0) is 11.3 Å². The zero-order valence-electron chi connectivity index (χ0n) is 16.1. The van der Waals surface area contributed by atoms with Crippen LogP contribution in [0, 0.1) is 6.92 Å². The van der Waals surface area contributed by atoms with Crippen molar-refractivity contribution in [1.82, 2.24) is 9.13 Å². The lowest BCUT2D eigenvalue weighted by molar-refractivity contribution is -0.116. The molecule has 0 atom stereocenters. The van der Waals surface area contributed by atoms with E-state index in [-0.39, 0.29) is 18.0 Å². The number of halogens is 2. The lowest BCUT2D eigenvalue weighted by Crippen LogP contribution is -2.40. The third kappa shape index (κ3) is 4.10. The molecule has 0 aliphatic carbocycles. The van der Waals surface area contributed by atoms with Gasteiger partial charge in [0.1, 0.15) is 17.1 Å². The topological polar surface area (TPSA) is 93.3 Å². The first-order chi connectivity index (χ1) is 14.7. The normalized spacial score (nSPS) is 11.1. The molecule has 2 N–H and O–H groups in total. The van der Waals surface area contributed by atoms with Gasteiger partial charge < -0.3 is 10.4 Å². The van der Waals surface area contributed by atoms with Gasteiger partial charge in [-0.1, -0.05) is 29.3 Å². The fraction of sp³-hybridized carbons (Fsp3) is 0.0952. The molecular weight excluding hydrogens is 461 g/mol. The Morgan fingerprint density at radius 1 is 1.10 bits per heavy atom. The van der Waals surface area contributed by atoms with Gasteiger partial charge >= 0.3 is 5.69 Å². The summed E-state index contributed by atoms with van der Waals surface area (Å²) in [6.07, 6.45) is 0. The smallest absolute Gasteiger partial charge is 0.337 e. The first-order valence-electron chi connectivity index (χ1n) is 9.05. The van der Waals surface area contributed by atoms with Crippen molar-refractivity contribution in [1.29, 1.82) is 0 Å². The highest BCUT2D eigenvalue weighted by Crippen LogP contribution is 2.27. The van der Waals surface area contributed by atoms with Crippen molar-refractivity contribution in [2.75, 3.05) is 5.32 Å². The molecule has 0 aliphatic rings. The third-order valence-corrected chi connectivity index (χ3v) is 6.08. The van der Waals surface area contributed by atoms with E-state index in [1.54, 1.807) is 24.3 Å². The molecule has 0 spiro atoms. The van der Waals surface area contributed by atoms with Gasteiger partial charge in [-0.2, -0.15) is 0 Å².